The number of aryl methyl sites for hydroxylation is 2. The van der Waals surface area contributed by atoms with Gasteiger partial charge in [0.25, 0.3) is 0 Å². The van der Waals surface area contributed by atoms with E-state index in [1.807, 2.05) is 18.5 Å². The molecule has 1 saturated carbocycles. The summed E-state index contributed by atoms with van der Waals surface area (Å²) in [4.78, 5) is 24.4. The van der Waals surface area contributed by atoms with Crippen molar-refractivity contribution in [2.75, 3.05) is 4.90 Å². The molecule has 38 heavy (non-hydrogen) atoms. The fraction of sp³-hybridized carbons (Fsp3) is 0.414. The Hall–Kier alpha value is -3.59. The Morgan fingerprint density at radius 2 is 1.79 bits per heavy atom. The topological polar surface area (TPSA) is 76.2 Å². The summed E-state index contributed by atoms with van der Waals surface area (Å²) >= 11 is 0. The molecular formula is C29H31F2N5O2. The van der Waals surface area contributed by atoms with Gasteiger partial charge < -0.3 is 19.1 Å². The van der Waals surface area contributed by atoms with Gasteiger partial charge in [0.15, 0.2) is 11.6 Å². The molecule has 2 aliphatic rings. The highest BCUT2D eigenvalue weighted by atomic mass is 19.2. The summed E-state index contributed by atoms with van der Waals surface area (Å²) in [6.45, 7) is 1.98. The third-order valence-corrected chi connectivity index (χ3v) is 8.07. The van der Waals surface area contributed by atoms with Crippen LogP contribution in [0.25, 0.3) is 22.3 Å². The first-order valence-corrected chi connectivity index (χ1v) is 13.3. The lowest BCUT2D eigenvalue weighted by atomic mass is 9.92. The van der Waals surface area contributed by atoms with E-state index in [0.29, 0.717) is 37.8 Å². The van der Waals surface area contributed by atoms with Crippen molar-refractivity contribution in [3.63, 3.8) is 0 Å². The average molecular weight is 520 g/mol. The van der Waals surface area contributed by atoms with Crippen LogP contribution in [0.1, 0.15) is 68.5 Å². The van der Waals surface area contributed by atoms with E-state index in [1.54, 1.807) is 11.2 Å². The Morgan fingerprint density at radius 3 is 2.50 bits per heavy atom. The van der Waals surface area contributed by atoms with Crippen molar-refractivity contribution in [2.24, 2.45) is 7.05 Å². The summed E-state index contributed by atoms with van der Waals surface area (Å²) in [6.07, 6.45) is 6.18. The lowest BCUT2D eigenvalue weighted by Gasteiger charge is -2.37. The molecule has 1 N–H and O–H groups in total. The van der Waals surface area contributed by atoms with E-state index < -0.39 is 17.7 Å². The second-order valence-corrected chi connectivity index (χ2v) is 10.6. The van der Waals surface area contributed by atoms with E-state index in [-0.39, 0.29) is 18.1 Å². The zero-order valence-electron chi connectivity index (χ0n) is 21.6. The smallest absolute Gasteiger partial charge is 0.227 e. The number of fused-ring (bicyclic) bond motifs is 1. The van der Waals surface area contributed by atoms with E-state index in [9.17, 15) is 18.7 Å². The summed E-state index contributed by atoms with van der Waals surface area (Å²) in [5, 5.41) is 10.2. The quantitative estimate of drug-likeness (QED) is 0.372. The molecule has 4 aromatic rings. The van der Waals surface area contributed by atoms with Crippen molar-refractivity contribution in [3.8, 4) is 11.3 Å². The number of benzene rings is 2. The van der Waals surface area contributed by atoms with Crippen LogP contribution in [-0.2, 0) is 11.8 Å². The number of nitrogens with zero attached hydrogens (tertiary/aromatic N) is 5. The first kappa shape index (κ1) is 24.7. The molecule has 0 radical (unpaired) electrons. The number of amides is 1. The molecule has 3 heterocycles. The number of aliphatic hydroxyl groups excluding tert-OH is 1. The molecule has 1 unspecified atom stereocenters. The Labute approximate surface area is 219 Å². The zero-order valence-corrected chi connectivity index (χ0v) is 21.6. The normalized spacial score (nSPS) is 22.4. The van der Waals surface area contributed by atoms with Crippen LogP contribution >= 0.6 is 0 Å². The largest absolute Gasteiger partial charge is 0.393 e. The van der Waals surface area contributed by atoms with Gasteiger partial charge in [0.2, 0.25) is 5.91 Å². The maximum atomic E-state index is 14.2. The van der Waals surface area contributed by atoms with Crippen LogP contribution in [0.2, 0.25) is 0 Å². The van der Waals surface area contributed by atoms with Crippen LogP contribution in [0.15, 0.2) is 42.7 Å². The zero-order chi connectivity index (χ0) is 26.6. The number of carbonyl (C=O) groups excluding carboxylic acids is 1. The predicted molar refractivity (Wildman–Crippen MR) is 141 cm³/mol. The van der Waals surface area contributed by atoms with Gasteiger partial charge in [-0.15, -0.1) is 0 Å². The summed E-state index contributed by atoms with van der Waals surface area (Å²) in [5.74, 6) is -1.31. The molecule has 1 amide bonds. The predicted octanol–water partition coefficient (Wildman–Crippen LogP) is 5.76. The van der Waals surface area contributed by atoms with Gasteiger partial charge in [-0.3, -0.25) is 4.79 Å². The maximum Gasteiger partial charge on any atom is 0.227 e. The number of piperidine rings is 1. The third kappa shape index (κ3) is 4.18. The van der Waals surface area contributed by atoms with Gasteiger partial charge in [0.1, 0.15) is 5.82 Å². The number of hydrogen-bond acceptors (Lipinski definition) is 4. The second kappa shape index (κ2) is 9.62. The first-order valence-electron chi connectivity index (χ1n) is 13.3. The highest BCUT2D eigenvalue weighted by molar-refractivity contribution is 5.95. The summed E-state index contributed by atoms with van der Waals surface area (Å²) < 4.78 is 32.2. The standard InChI is InChI=1S/C29H31F2N5O2/c1-17-28(34(2)16-32-17)18-6-13-25-24(14-18)33-29(36(25)19-7-10-21(37)11-8-19)26-4-3-5-27(38)35(26)20-9-12-22(30)23(31)15-20/h6,9,12-16,19,21,26,37H,3-5,7-8,10-11H2,1-2H3. The minimum Gasteiger partial charge on any atom is -0.393 e. The molecule has 1 aliphatic heterocycles. The molecule has 2 aromatic heterocycles. The van der Waals surface area contributed by atoms with Gasteiger partial charge in [0, 0.05) is 36.8 Å². The van der Waals surface area contributed by atoms with Gasteiger partial charge in [-0.1, -0.05) is 6.07 Å². The van der Waals surface area contributed by atoms with Crippen LogP contribution in [0.3, 0.4) is 0 Å². The van der Waals surface area contributed by atoms with Gasteiger partial charge in [-0.25, -0.2) is 18.7 Å². The lowest BCUT2D eigenvalue weighted by molar-refractivity contribution is -0.120. The fourth-order valence-electron chi connectivity index (χ4n) is 6.23. The van der Waals surface area contributed by atoms with Crippen molar-refractivity contribution in [3.05, 3.63) is 65.9 Å². The molecule has 9 heteroatoms. The number of rotatable bonds is 4. The van der Waals surface area contributed by atoms with Crippen molar-refractivity contribution in [1.82, 2.24) is 19.1 Å². The number of aliphatic hydroxyl groups is 1. The molecule has 1 saturated heterocycles. The maximum absolute atomic E-state index is 14.2. The molecule has 2 fully saturated rings. The molecular weight excluding hydrogens is 488 g/mol. The number of halogens is 2. The Morgan fingerprint density at radius 1 is 1.00 bits per heavy atom. The third-order valence-electron chi connectivity index (χ3n) is 8.07. The summed E-state index contributed by atoms with van der Waals surface area (Å²) in [7, 11) is 1.96. The highest BCUT2D eigenvalue weighted by Gasteiger charge is 2.36. The minimum absolute atomic E-state index is 0.117. The van der Waals surface area contributed by atoms with Crippen LogP contribution in [-0.4, -0.2) is 36.2 Å². The van der Waals surface area contributed by atoms with E-state index in [2.05, 4.69) is 27.8 Å². The monoisotopic (exact) mass is 519 g/mol. The van der Waals surface area contributed by atoms with Crippen LogP contribution in [0.5, 0.6) is 0 Å². The van der Waals surface area contributed by atoms with Crippen molar-refractivity contribution in [2.45, 2.75) is 70.1 Å². The molecule has 0 spiro atoms. The summed E-state index contributed by atoms with van der Waals surface area (Å²) in [5.41, 5.74) is 5.06. The molecule has 1 aliphatic carbocycles. The minimum atomic E-state index is -0.981. The second-order valence-electron chi connectivity index (χ2n) is 10.6. The Balaban J connectivity index is 1.51. The highest BCUT2D eigenvalue weighted by Crippen LogP contribution is 2.41. The van der Waals surface area contributed by atoms with Crippen LogP contribution < -0.4 is 4.90 Å². The van der Waals surface area contributed by atoms with Gasteiger partial charge in [-0.2, -0.15) is 0 Å². The Kier molecular flexibility index (Phi) is 6.26. The van der Waals surface area contributed by atoms with E-state index >= 15 is 0 Å². The number of imidazole rings is 2. The number of aromatic nitrogens is 4. The molecule has 7 nitrogen and oxygen atoms in total. The lowest BCUT2D eigenvalue weighted by Crippen LogP contribution is -2.40. The van der Waals surface area contributed by atoms with E-state index in [0.717, 1.165) is 58.8 Å². The van der Waals surface area contributed by atoms with Crippen molar-refractivity contribution in [1.29, 1.82) is 0 Å². The van der Waals surface area contributed by atoms with Crippen molar-refractivity contribution >= 4 is 22.6 Å². The fourth-order valence-corrected chi connectivity index (χ4v) is 6.23. The number of carbonyl (C=O) groups is 1. The SMILES string of the molecule is Cc1ncn(C)c1-c1ccc2c(c1)nc(C1CCCC(=O)N1c1ccc(F)c(F)c1)n2C1CCC(O)CC1. The van der Waals surface area contributed by atoms with Gasteiger partial charge in [0.05, 0.1) is 40.9 Å². The molecule has 6 rings (SSSR count). The Bertz CT molecular complexity index is 1500. The molecule has 2 aromatic carbocycles. The van der Waals surface area contributed by atoms with E-state index in [4.69, 9.17) is 4.98 Å². The number of hydrogen-bond donors (Lipinski definition) is 1. The average Bonchev–Trinajstić information content (AvgIpc) is 3.45. The van der Waals surface area contributed by atoms with Crippen LogP contribution in [0, 0.1) is 18.6 Å². The molecule has 1 atom stereocenters. The van der Waals surface area contributed by atoms with Crippen molar-refractivity contribution < 1.29 is 18.7 Å². The molecule has 0 bridgehead atoms. The van der Waals surface area contributed by atoms with Crippen LogP contribution in [0.4, 0.5) is 14.5 Å². The molecule has 198 valence electrons. The first-order chi connectivity index (χ1) is 18.3. The van der Waals surface area contributed by atoms with Gasteiger partial charge >= 0.3 is 0 Å². The van der Waals surface area contributed by atoms with E-state index in [1.165, 1.54) is 6.07 Å². The number of anilines is 1. The summed E-state index contributed by atoms with van der Waals surface area (Å²) in [6, 6.07) is 9.53. The van der Waals surface area contributed by atoms with Gasteiger partial charge in [-0.05, 0) is 69.7 Å².